The molecule has 0 fully saturated rings. The second kappa shape index (κ2) is 3.52. The van der Waals surface area contributed by atoms with E-state index in [1.807, 2.05) is 6.07 Å². The molecule has 0 saturated heterocycles. The Morgan fingerprint density at radius 1 is 1.38 bits per heavy atom. The van der Waals surface area contributed by atoms with Crippen LogP contribution in [0.5, 0.6) is 5.75 Å². The summed E-state index contributed by atoms with van der Waals surface area (Å²) in [5.41, 5.74) is 4.12. The summed E-state index contributed by atoms with van der Waals surface area (Å²) in [4.78, 5) is 0. The Kier molecular flexibility index (Phi) is 2.14. The molecule has 0 atom stereocenters. The van der Waals surface area contributed by atoms with Crippen molar-refractivity contribution in [1.82, 2.24) is 9.88 Å². The van der Waals surface area contributed by atoms with Crippen molar-refractivity contribution >= 4 is 10.9 Å². The zero-order chi connectivity index (χ0) is 11.1. The lowest BCUT2D eigenvalue weighted by molar-refractivity contribution is 0.419. The highest BCUT2D eigenvalue weighted by molar-refractivity contribution is 5.91. The molecule has 3 rings (SSSR count). The highest BCUT2D eigenvalue weighted by Crippen LogP contribution is 2.34. The average molecular weight is 216 g/mol. The van der Waals surface area contributed by atoms with Gasteiger partial charge in [0.1, 0.15) is 5.75 Å². The normalized spacial score (nSPS) is 15.1. The smallest absolute Gasteiger partial charge is 0.128 e. The molecule has 1 aromatic carbocycles. The van der Waals surface area contributed by atoms with Crippen molar-refractivity contribution in [2.75, 3.05) is 13.7 Å². The van der Waals surface area contributed by atoms with Crippen LogP contribution in [0.3, 0.4) is 0 Å². The van der Waals surface area contributed by atoms with Crippen LogP contribution in [-0.2, 0) is 20.0 Å². The van der Waals surface area contributed by atoms with Crippen LogP contribution in [0, 0.1) is 0 Å². The molecule has 1 aliphatic rings. The predicted octanol–water partition coefficient (Wildman–Crippen LogP) is 1.83. The Hall–Kier alpha value is -1.48. The van der Waals surface area contributed by atoms with Gasteiger partial charge in [0, 0.05) is 24.7 Å². The molecule has 16 heavy (non-hydrogen) atoms. The number of fused-ring (bicyclic) bond motifs is 3. The van der Waals surface area contributed by atoms with Gasteiger partial charge in [-0.1, -0.05) is 6.07 Å². The fourth-order valence-corrected chi connectivity index (χ4v) is 2.68. The number of ether oxygens (including phenoxy) is 1. The summed E-state index contributed by atoms with van der Waals surface area (Å²) >= 11 is 0. The molecule has 0 unspecified atom stereocenters. The van der Waals surface area contributed by atoms with Crippen molar-refractivity contribution < 1.29 is 4.74 Å². The fraction of sp³-hybridized carbons (Fsp3) is 0.385. The summed E-state index contributed by atoms with van der Waals surface area (Å²) < 4.78 is 7.75. The molecule has 0 spiro atoms. The zero-order valence-electron chi connectivity index (χ0n) is 9.71. The number of aryl methyl sites for hydroxylation is 1. The van der Waals surface area contributed by atoms with Crippen LogP contribution >= 0.6 is 0 Å². The van der Waals surface area contributed by atoms with Crippen LogP contribution in [0.15, 0.2) is 18.2 Å². The number of benzene rings is 1. The van der Waals surface area contributed by atoms with Crippen molar-refractivity contribution in [3.05, 3.63) is 29.5 Å². The summed E-state index contributed by atoms with van der Waals surface area (Å²) in [7, 11) is 3.88. The summed E-state index contributed by atoms with van der Waals surface area (Å²) in [6, 6.07) is 6.26. The van der Waals surface area contributed by atoms with Crippen molar-refractivity contribution in [3.8, 4) is 5.75 Å². The van der Waals surface area contributed by atoms with Gasteiger partial charge in [-0.05, 0) is 30.7 Å². The average Bonchev–Trinajstić information content (AvgIpc) is 2.64. The van der Waals surface area contributed by atoms with Crippen LogP contribution in [0.2, 0.25) is 0 Å². The lowest BCUT2D eigenvalue weighted by Gasteiger charge is -2.15. The molecular formula is C13H16N2O. The van der Waals surface area contributed by atoms with Crippen LogP contribution in [0.4, 0.5) is 0 Å². The molecule has 0 radical (unpaired) electrons. The fourth-order valence-electron chi connectivity index (χ4n) is 2.68. The largest absolute Gasteiger partial charge is 0.496 e. The van der Waals surface area contributed by atoms with Gasteiger partial charge in [-0.2, -0.15) is 0 Å². The molecule has 3 nitrogen and oxygen atoms in total. The molecular weight excluding hydrogens is 200 g/mol. The quantitative estimate of drug-likeness (QED) is 0.787. The minimum atomic E-state index is 0.962. The predicted molar refractivity (Wildman–Crippen MR) is 64.9 cm³/mol. The topological polar surface area (TPSA) is 26.2 Å². The van der Waals surface area contributed by atoms with Gasteiger partial charge < -0.3 is 14.6 Å². The Labute approximate surface area is 95.0 Å². The van der Waals surface area contributed by atoms with Gasteiger partial charge in [0.2, 0.25) is 0 Å². The maximum absolute atomic E-state index is 5.47. The molecule has 2 heterocycles. The van der Waals surface area contributed by atoms with E-state index in [0.717, 1.165) is 25.3 Å². The second-order valence-electron chi connectivity index (χ2n) is 4.27. The molecule has 3 heteroatoms. The number of methoxy groups -OCH3 is 1. The second-order valence-corrected chi connectivity index (χ2v) is 4.27. The van der Waals surface area contributed by atoms with Gasteiger partial charge in [-0.3, -0.25) is 0 Å². The third-order valence-electron chi connectivity index (χ3n) is 3.48. The van der Waals surface area contributed by atoms with E-state index in [1.165, 1.54) is 22.2 Å². The number of hydrogen-bond donors (Lipinski definition) is 1. The minimum Gasteiger partial charge on any atom is -0.496 e. The van der Waals surface area contributed by atoms with Crippen LogP contribution in [0.25, 0.3) is 10.9 Å². The standard InChI is InChI=1S/C13H16N2O/c1-15-10-4-3-5-12(16-2)13(10)9-6-7-14-8-11(9)15/h3-5,14H,6-8H2,1-2H3. The van der Waals surface area contributed by atoms with Gasteiger partial charge in [-0.15, -0.1) is 0 Å². The summed E-state index contributed by atoms with van der Waals surface area (Å²) in [6.45, 7) is 2.02. The van der Waals surface area contributed by atoms with Gasteiger partial charge in [0.25, 0.3) is 0 Å². The van der Waals surface area contributed by atoms with Crippen molar-refractivity contribution in [3.63, 3.8) is 0 Å². The van der Waals surface area contributed by atoms with E-state index in [2.05, 4.69) is 29.1 Å². The maximum atomic E-state index is 5.47. The van der Waals surface area contributed by atoms with Crippen molar-refractivity contribution in [2.45, 2.75) is 13.0 Å². The third-order valence-corrected chi connectivity index (χ3v) is 3.48. The Bertz CT molecular complexity index is 542. The molecule has 1 N–H and O–H groups in total. The highest BCUT2D eigenvalue weighted by atomic mass is 16.5. The Morgan fingerprint density at radius 2 is 2.25 bits per heavy atom. The summed E-state index contributed by atoms with van der Waals surface area (Å²) in [5.74, 6) is 0.997. The van der Waals surface area contributed by atoms with E-state index in [-0.39, 0.29) is 0 Å². The Morgan fingerprint density at radius 3 is 3.06 bits per heavy atom. The summed E-state index contributed by atoms with van der Waals surface area (Å²) in [6.07, 6.45) is 1.09. The molecule has 0 saturated carbocycles. The zero-order valence-corrected chi connectivity index (χ0v) is 9.71. The highest BCUT2D eigenvalue weighted by Gasteiger charge is 2.20. The number of nitrogens with one attached hydrogen (secondary N) is 1. The van der Waals surface area contributed by atoms with Crippen LogP contribution in [-0.4, -0.2) is 18.2 Å². The van der Waals surface area contributed by atoms with Crippen LogP contribution < -0.4 is 10.1 Å². The Balaban J connectivity index is 2.40. The molecule has 1 aliphatic heterocycles. The third kappa shape index (κ3) is 1.18. The lowest BCUT2D eigenvalue weighted by atomic mass is 10.0. The first kappa shape index (κ1) is 9.73. The van der Waals surface area contributed by atoms with Crippen molar-refractivity contribution in [1.29, 1.82) is 0 Å². The molecule has 0 amide bonds. The van der Waals surface area contributed by atoms with E-state index in [1.54, 1.807) is 7.11 Å². The monoisotopic (exact) mass is 216 g/mol. The maximum Gasteiger partial charge on any atom is 0.128 e. The molecule has 0 aliphatic carbocycles. The number of rotatable bonds is 1. The van der Waals surface area contributed by atoms with E-state index in [9.17, 15) is 0 Å². The number of hydrogen-bond acceptors (Lipinski definition) is 2. The molecule has 0 bridgehead atoms. The first-order chi connectivity index (χ1) is 7.83. The van der Waals surface area contributed by atoms with E-state index >= 15 is 0 Å². The first-order valence-corrected chi connectivity index (χ1v) is 5.67. The molecule has 2 aromatic rings. The van der Waals surface area contributed by atoms with E-state index in [4.69, 9.17) is 4.74 Å². The van der Waals surface area contributed by atoms with Gasteiger partial charge in [0.05, 0.1) is 12.6 Å². The van der Waals surface area contributed by atoms with E-state index in [0.29, 0.717) is 0 Å². The van der Waals surface area contributed by atoms with E-state index < -0.39 is 0 Å². The first-order valence-electron chi connectivity index (χ1n) is 5.67. The molecule has 84 valence electrons. The molecule has 1 aromatic heterocycles. The minimum absolute atomic E-state index is 0.962. The summed E-state index contributed by atoms with van der Waals surface area (Å²) in [5, 5.41) is 4.71. The van der Waals surface area contributed by atoms with Crippen molar-refractivity contribution in [2.24, 2.45) is 7.05 Å². The SMILES string of the molecule is COc1cccc2c1c1c(n2C)CNCC1. The van der Waals surface area contributed by atoms with Gasteiger partial charge in [-0.25, -0.2) is 0 Å². The van der Waals surface area contributed by atoms with Gasteiger partial charge in [0.15, 0.2) is 0 Å². The number of nitrogens with zero attached hydrogens (tertiary/aromatic N) is 1. The van der Waals surface area contributed by atoms with Gasteiger partial charge >= 0.3 is 0 Å². The van der Waals surface area contributed by atoms with Crippen LogP contribution in [0.1, 0.15) is 11.3 Å². The lowest BCUT2D eigenvalue weighted by Crippen LogP contribution is -2.24. The number of aromatic nitrogens is 1.